The quantitative estimate of drug-likeness (QED) is 0.762. The highest BCUT2D eigenvalue weighted by Gasteiger charge is 2.46. The zero-order valence-electron chi connectivity index (χ0n) is 15.1. The Hall–Kier alpha value is -2.82. The molecular weight excluding hydrogens is 369 g/mol. The molecule has 2 aliphatic rings. The van der Waals surface area contributed by atoms with Gasteiger partial charge in [-0.25, -0.2) is 4.79 Å². The number of halogens is 3. The molecule has 0 bridgehead atoms. The van der Waals surface area contributed by atoms with E-state index < -0.39 is 18.1 Å². The van der Waals surface area contributed by atoms with Gasteiger partial charge in [0.05, 0.1) is 30.4 Å². The van der Waals surface area contributed by atoms with Gasteiger partial charge in [-0.3, -0.25) is 9.88 Å². The maximum Gasteiger partial charge on any atom is 0.391 e. The molecular formula is C20H19F3N4O. The van der Waals surface area contributed by atoms with E-state index in [4.69, 9.17) is 0 Å². The summed E-state index contributed by atoms with van der Waals surface area (Å²) in [5.41, 5.74) is 0.557. The fourth-order valence-corrected chi connectivity index (χ4v) is 4.30. The van der Waals surface area contributed by atoms with Gasteiger partial charge in [-0.05, 0) is 25.7 Å². The van der Waals surface area contributed by atoms with E-state index in [2.05, 4.69) is 11.1 Å². The van der Waals surface area contributed by atoms with Gasteiger partial charge in [0, 0.05) is 23.0 Å². The number of carbonyl (C=O) groups excluding carboxylic acids is 1. The van der Waals surface area contributed by atoms with E-state index >= 15 is 0 Å². The number of aromatic nitrogens is 1. The summed E-state index contributed by atoms with van der Waals surface area (Å²) in [6, 6.07) is 8.33. The predicted octanol–water partition coefficient (Wildman–Crippen LogP) is 4.49. The van der Waals surface area contributed by atoms with E-state index in [0.717, 1.165) is 10.8 Å². The summed E-state index contributed by atoms with van der Waals surface area (Å²) in [5, 5.41) is 11.3. The van der Waals surface area contributed by atoms with Crippen molar-refractivity contribution in [1.82, 2.24) is 9.88 Å². The molecule has 1 saturated carbocycles. The van der Waals surface area contributed by atoms with Crippen molar-refractivity contribution in [1.29, 1.82) is 5.26 Å². The number of alkyl halides is 3. The Morgan fingerprint density at radius 1 is 1.11 bits per heavy atom. The predicted molar refractivity (Wildman–Crippen MR) is 97.5 cm³/mol. The molecule has 1 aliphatic carbocycles. The average molecular weight is 388 g/mol. The SMILES string of the molecule is N#C[C@H]1CN([C@H]2CC[C@H](C(F)(F)F)CC2)C(=O)N1c1cncc2ccccc12. The van der Waals surface area contributed by atoms with E-state index in [-0.39, 0.29) is 31.5 Å². The summed E-state index contributed by atoms with van der Waals surface area (Å²) < 4.78 is 38.8. The van der Waals surface area contributed by atoms with E-state index in [9.17, 15) is 23.2 Å². The number of nitrogens with zero attached hydrogens (tertiary/aromatic N) is 4. The number of hydrogen-bond acceptors (Lipinski definition) is 3. The van der Waals surface area contributed by atoms with Crippen LogP contribution in [0.25, 0.3) is 10.8 Å². The zero-order valence-corrected chi connectivity index (χ0v) is 15.1. The van der Waals surface area contributed by atoms with Crippen LogP contribution in [0.1, 0.15) is 25.7 Å². The van der Waals surface area contributed by atoms with Crippen molar-refractivity contribution in [3.63, 3.8) is 0 Å². The van der Waals surface area contributed by atoms with E-state index in [1.54, 1.807) is 17.3 Å². The van der Waals surface area contributed by atoms with Crippen molar-refractivity contribution in [3.8, 4) is 6.07 Å². The number of anilines is 1. The van der Waals surface area contributed by atoms with Crippen molar-refractivity contribution in [2.75, 3.05) is 11.4 Å². The summed E-state index contributed by atoms with van der Waals surface area (Å²) >= 11 is 0. The van der Waals surface area contributed by atoms with Gasteiger partial charge in [-0.1, -0.05) is 24.3 Å². The maximum absolute atomic E-state index is 13.1. The summed E-state index contributed by atoms with van der Waals surface area (Å²) in [6.45, 7) is 0.194. The largest absolute Gasteiger partial charge is 0.391 e. The number of carbonyl (C=O) groups is 1. The minimum absolute atomic E-state index is 0.0188. The number of rotatable bonds is 2. The number of fused-ring (bicyclic) bond motifs is 1. The minimum atomic E-state index is -4.18. The van der Waals surface area contributed by atoms with Gasteiger partial charge < -0.3 is 4.90 Å². The zero-order chi connectivity index (χ0) is 19.9. The molecule has 2 heterocycles. The molecule has 1 atom stereocenters. The van der Waals surface area contributed by atoms with Crippen LogP contribution >= 0.6 is 0 Å². The van der Waals surface area contributed by atoms with Crippen LogP contribution in [0.3, 0.4) is 0 Å². The lowest BCUT2D eigenvalue weighted by molar-refractivity contribution is -0.183. The molecule has 1 aromatic carbocycles. The van der Waals surface area contributed by atoms with E-state index in [0.29, 0.717) is 18.5 Å². The Morgan fingerprint density at radius 2 is 1.82 bits per heavy atom. The summed E-state index contributed by atoms with van der Waals surface area (Å²) in [7, 11) is 0. The molecule has 2 amide bonds. The van der Waals surface area contributed by atoms with Crippen molar-refractivity contribution in [2.45, 2.75) is 43.9 Å². The first-order valence-corrected chi connectivity index (χ1v) is 9.29. The molecule has 1 saturated heterocycles. The lowest BCUT2D eigenvalue weighted by Crippen LogP contribution is -2.43. The topological polar surface area (TPSA) is 60.2 Å². The van der Waals surface area contributed by atoms with Gasteiger partial charge in [0.2, 0.25) is 0 Å². The second-order valence-corrected chi connectivity index (χ2v) is 7.38. The van der Waals surface area contributed by atoms with Gasteiger partial charge in [0.1, 0.15) is 6.04 Å². The highest BCUT2D eigenvalue weighted by Crippen LogP contribution is 2.40. The first-order chi connectivity index (χ1) is 13.4. The lowest BCUT2D eigenvalue weighted by Gasteiger charge is -2.34. The second kappa shape index (κ2) is 6.97. The Morgan fingerprint density at radius 3 is 2.50 bits per heavy atom. The summed E-state index contributed by atoms with van der Waals surface area (Å²) in [5.74, 6) is -1.30. The molecule has 0 spiro atoms. The van der Waals surface area contributed by atoms with Crippen LogP contribution in [-0.2, 0) is 0 Å². The minimum Gasteiger partial charge on any atom is -0.318 e. The molecule has 1 aromatic heterocycles. The summed E-state index contributed by atoms with van der Waals surface area (Å²) in [6.07, 6.45) is -0.289. The molecule has 28 heavy (non-hydrogen) atoms. The second-order valence-electron chi connectivity index (χ2n) is 7.38. The monoisotopic (exact) mass is 388 g/mol. The van der Waals surface area contributed by atoms with Crippen LogP contribution in [0, 0.1) is 17.2 Å². The molecule has 146 valence electrons. The molecule has 0 unspecified atom stereocenters. The van der Waals surface area contributed by atoms with Crippen LogP contribution in [0.15, 0.2) is 36.7 Å². The highest BCUT2D eigenvalue weighted by atomic mass is 19.4. The molecule has 8 heteroatoms. The highest BCUT2D eigenvalue weighted by molar-refractivity contribution is 6.04. The third-order valence-electron chi connectivity index (χ3n) is 5.79. The van der Waals surface area contributed by atoms with E-state index in [1.165, 1.54) is 4.90 Å². The molecule has 0 N–H and O–H groups in total. The smallest absolute Gasteiger partial charge is 0.318 e. The third kappa shape index (κ3) is 3.15. The van der Waals surface area contributed by atoms with Crippen LogP contribution in [0.4, 0.5) is 23.7 Å². The number of nitriles is 1. The van der Waals surface area contributed by atoms with Gasteiger partial charge >= 0.3 is 12.2 Å². The van der Waals surface area contributed by atoms with Crippen molar-refractivity contribution < 1.29 is 18.0 Å². The van der Waals surface area contributed by atoms with Crippen LogP contribution in [0.5, 0.6) is 0 Å². The average Bonchev–Trinajstić information content (AvgIpc) is 3.03. The molecule has 2 aromatic rings. The number of amides is 2. The first-order valence-electron chi connectivity index (χ1n) is 9.29. The summed E-state index contributed by atoms with van der Waals surface area (Å²) in [4.78, 5) is 20.3. The Bertz CT molecular complexity index is 926. The number of urea groups is 1. The third-order valence-corrected chi connectivity index (χ3v) is 5.79. The number of benzene rings is 1. The van der Waals surface area contributed by atoms with Gasteiger partial charge in [-0.2, -0.15) is 18.4 Å². The maximum atomic E-state index is 13.1. The van der Waals surface area contributed by atoms with Gasteiger partial charge in [0.15, 0.2) is 0 Å². The fraction of sp³-hybridized carbons (Fsp3) is 0.450. The number of pyridine rings is 1. The molecule has 2 fully saturated rings. The molecule has 5 nitrogen and oxygen atoms in total. The van der Waals surface area contributed by atoms with Crippen molar-refractivity contribution in [3.05, 3.63) is 36.7 Å². The molecule has 0 radical (unpaired) electrons. The van der Waals surface area contributed by atoms with Gasteiger partial charge in [0.25, 0.3) is 0 Å². The Labute approximate surface area is 160 Å². The molecule has 4 rings (SSSR count). The Balaban J connectivity index is 1.59. The normalized spacial score (nSPS) is 25.9. The Kier molecular flexibility index (Phi) is 4.61. The van der Waals surface area contributed by atoms with E-state index in [1.807, 2.05) is 24.3 Å². The first kappa shape index (κ1) is 18.5. The standard InChI is InChI=1S/C20H19F3N4O/c21-20(22,23)14-5-7-15(8-6-14)26-12-16(9-24)27(19(26)28)18-11-25-10-13-3-1-2-4-17(13)18/h1-4,10-11,14-16H,5-8,12H2/t14-,15-,16-/m0/s1. The molecule has 1 aliphatic heterocycles. The van der Waals surface area contributed by atoms with Crippen molar-refractivity contribution >= 4 is 22.5 Å². The lowest BCUT2D eigenvalue weighted by atomic mass is 9.85. The van der Waals surface area contributed by atoms with Gasteiger partial charge in [-0.15, -0.1) is 0 Å². The van der Waals surface area contributed by atoms with Crippen LogP contribution in [0.2, 0.25) is 0 Å². The van der Waals surface area contributed by atoms with Crippen LogP contribution in [-0.4, -0.2) is 40.7 Å². The van der Waals surface area contributed by atoms with Crippen molar-refractivity contribution in [2.24, 2.45) is 5.92 Å². The fourth-order valence-electron chi connectivity index (χ4n) is 4.30. The van der Waals surface area contributed by atoms with Crippen LogP contribution < -0.4 is 4.90 Å². The number of hydrogen-bond donors (Lipinski definition) is 0.